The van der Waals surface area contributed by atoms with Crippen LogP contribution in [0.3, 0.4) is 0 Å². The van der Waals surface area contributed by atoms with Gasteiger partial charge in [-0.15, -0.1) is 0 Å². The van der Waals surface area contributed by atoms with Crippen LogP contribution in [0.5, 0.6) is 0 Å². The van der Waals surface area contributed by atoms with Crippen LogP contribution < -0.4 is 16.3 Å². The second-order valence-corrected chi connectivity index (χ2v) is 8.44. The van der Waals surface area contributed by atoms with E-state index in [4.69, 9.17) is 5.73 Å². The molecule has 18 heavy (non-hydrogen) atoms. The van der Waals surface area contributed by atoms with E-state index in [1.807, 2.05) is 49.4 Å². The molecule has 1 aliphatic heterocycles. The fraction of sp³-hybridized carbons (Fsp3) is 0.143. The Bertz CT molecular complexity index is 669. The van der Waals surface area contributed by atoms with E-state index in [1.165, 1.54) is 0 Å². The first-order valence-electron chi connectivity index (χ1n) is 5.92. The van der Waals surface area contributed by atoms with Gasteiger partial charge in [0.1, 0.15) is 7.14 Å². The highest BCUT2D eigenvalue weighted by atomic mass is 32.2. The Balaban J connectivity index is 2.36. The number of anilines is 1. The SMILES string of the molecule is CCP1(=O)c2ccccc2Sc2cccc(N)c21. The van der Waals surface area contributed by atoms with Crippen molar-refractivity contribution in [2.24, 2.45) is 0 Å². The highest BCUT2D eigenvalue weighted by molar-refractivity contribution is 8.02. The molecule has 0 radical (unpaired) electrons. The van der Waals surface area contributed by atoms with Crippen LogP contribution in [0.1, 0.15) is 6.92 Å². The minimum atomic E-state index is -2.56. The van der Waals surface area contributed by atoms with Crippen LogP contribution in [-0.2, 0) is 4.57 Å². The summed E-state index contributed by atoms with van der Waals surface area (Å²) in [6, 6.07) is 13.7. The highest BCUT2D eigenvalue weighted by Gasteiger charge is 2.35. The van der Waals surface area contributed by atoms with E-state index in [1.54, 1.807) is 11.8 Å². The number of rotatable bonds is 1. The van der Waals surface area contributed by atoms with Crippen molar-refractivity contribution >= 4 is 35.2 Å². The standard InChI is InChI=1S/C14H14NOPS/c1-2-17(16)11-7-3-4-8-12(11)18-13-9-5-6-10(15)14(13)17/h3-9H,2,15H2,1H3. The minimum absolute atomic E-state index is 0.617. The molecule has 0 saturated carbocycles. The summed E-state index contributed by atoms with van der Waals surface area (Å²) in [5.74, 6) is 0. The monoisotopic (exact) mass is 275 g/mol. The summed E-state index contributed by atoms with van der Waals surface area (Å²) in [4.78, 5) is 2.14. The molecule has 92 valence electrons. The molecule has 4 heteroatoms. The maximum atomic E-state index is 13.4. The van der Waals surface area contributed by atoms with Crippen LogP contribution in [0, 0.1) is 0 Å². The largest absolute Gasteiger partial charge is 0.398 e. The Morgan fingerprint density at radius 2 is 1.83 bits per heavy atom. The van der Waals surface area contributed by atoms with Gasteiger partial charge < -0.3 is 10.3 Å². The first kappa shape index (κ1) is 11.9. The van der Waals surface area contributed by atoms with Crippen LogP contribution >= 0.6 is 18.9 Å². The zero-order valence-corrected chi connectivity index (χ0v) is 11.8. The summed E-state index contributed by atoms with van der Waals surface area (Å²) in [5.41, 5.74) is 6.72. The number of benzene rings is 2. The van der Waals surface area contributed by atoms with E-state index in [0.29, 0.717) is 11.8 Å². The molecule has 2 aromatic carbocycles. The number of hydrogen-bond donors (Lipinski definition) is 1. The molecule has 0 amide bonds. The molecule has 0 aromatic heterocycles. The molecule has 1 aliphatic rings. The van der Waals surface area contributed by atoms with Gasteiger partial charge >= 0.3 is 0 Å². The minimum Gasteiger partial charge on any atom is -0.398 e. The summed E-state index contributed by atoms with van der Waals surface area (Å²) < 4.78 is 13.4. The Morgan fingerprint density at radius 3 is 2.61 bits per heavy atom. The van der Waals surface area contributed by atoms with Gasteiger partial charge in [0.15, 0.2) is 0 Å². The highest BCUT2D eigenvalue weighted by Crippen LogP contribution is 2.53. The second kappa shape index (κ2) is 4.18. The van der Waals surface area contributed by atoms with Crippen molar-refractivity contribution in [3.63, 3.8) is 0 Å². The molecule has 2 N–H and O–H groups in total. The third-order valence-electron chi connectivity index (χ3n) is 3.31. The van der Waals surface area contributed by atoms with Crippen LogP contribution in [0.2, 0.25) is 0 Å². The predicted molar refractivity (Wildman–Crippen MR) is 78.8 cm³/mol. The second-order valence-electron chi connectivity index (χ2n) is 4.32. The van der Waals surface area contributed by atoms with E-state index in [9.17, 15) is 4.57 Å². The van der Waals surface area contributed by atoms with E-state index < -0.39 is 7.14 Å². The molecular formula is C14H14NOPS. The Kier molecular flexibility index (Phi) is 2.76. The third-order valence-corrected chi connectivity index (χ3v) is 8.03. The third kappa shape index (κ3) is 1.54. The quantitative estimate of drug-likeness (QED) is 0.642. The molecule has 2 aromatic rings. The van der Waals surface area contributed by atoms with Crippen molar-refractivity contribution in [2.75, 3.05) is 11.9 Å². The van der Waals surface area contributed by atoms with Crippen molar-refractivity contribution in [2.45, 2.75) is 16.7 Å². The molecule has 0 spiro atoms. The van der Waals surface area contributed by atoms with Crippen LogP contribution in [0.25, 0.3) is 0 Å². The van der Waals surface area contributed by atoms with Crippen molar-refractivity contribution in [1.82, 2.24) is 0 Å². The van der Waals surface area contributed by atoms with Crippen molar-refractivity contribution in [3.05, 3.63) is 42.5 Å². The van der Waals surface area contributed by atoms with E-state index in [0.717, 1.165) is 20.4 Å². The maximum absolute atomic E-state index is 13.4. The van der Waals surface area contributed by atoms with Crippen LogP contribution in [0.15, 0.2) is 52.3 Å². The smallest absolute Gasteiger partial charge is 0.147 e. The first-order chi connectivity index (χ1) is 8.66. The fourth-order valence-corrected chi connectivity index (χ4v) is 7.07. The van der Waals surface area contributed by atoms with E-state index in [-0.39, 0.29) is 0 Å². The molecule has 3 rings (SSSR count). The number of nitrogens with two attached hydrogens (primary N) is 1. The summed E-state index contributed by atoms with van der Waals surface area (Å²) in [6.45, 7) is 1.98. The van der Waals surface area contributed by atoms with Gasteiger partial charge in [-0.25, -0.2) is 0 Å². The van der Waals surface area contributed by atoms with Gasteiger partial charge in [0.2, 0.25) is 0 Å². The van der Waals surface area contributed by atoms with Crippen molar-refractivity contribution in [3.8, 4) is 0 Å². The summed E-state index contributed by atoms with van der Waals surface area (Å²) in [6.07, 6.45) is 0.617. The molecule has 0 bridgehead atoms. The Labute approximate surface area is 111 Å². The van der Waals surface area contributed by atoms with Gasteiger partial charge in [-0.3, -0.25) is 0 Å². The summed E-state index contributed by atoms with van der Waals surface area (Å²) in [7, 11) is -2.56. The number of fused-ring (bicyclic) bond motifs is 2. The Morgan fingerprint density at radius 1 is 1.11 bits per heavy atom. The molecule has 0 saturated heterocycles. The van der Waals surface area contributed by atoms with Gasteiger partial charge in [0.25, 0.3) is 0 Å². The lowest BCUT2D eigenvalue weighted by Crippen LogP contribution is -2.26. The molecule has 1 unspecified atom stereocenters. The average molecular weight is 275 g/mol. The zero-order chi connectivity index (χ0) is 12.8. The van der Waals surface area contributed by atoms with E-state index in [2.05, 4.69) is 0 Å². The molecule has 0 aliphatic carbocycles. The molecule has 1 heterocycles. The van der Waals surface area contributed by atoms with E-state index >= 15 is 0 Å². The fourth-order valence-electron chi connectivity index (χ4n) is 2.42. The normalized spacial score (nSPS) is 21.2. The zero-order valence-electron chi connectivity index (χ0n) is 10.1. The lowest BCUT2D eigenvalue weighted by molar-refractivity contribution is 0.587. The topological polar surface area (TPSA) is 43.1 Å². The number of nitrogen functional groups attached to an aromatic ring is 1. The summed E-state index contributed by atoms with van der Waals surface area (Å²) in [5, 5.41) is 1.82. The van der Waals surface area contributed by atoms with Crippen LogP contribution in [-0.4, -0.2) is 6.16 Å². The number of hydrogen-bond acceptors (Lipinski definition) is 3. The molecular weight excluding hydrogens is 261 g/mol. The molecule has 1 atom stereocenters. The Hall–Kier alpha value is -1.18. The van der Waals surface area contributed by atoms with Gasteiger partial charge in [-0.1, -0.05) is 43.0 Å². The molecule has 0 fully saturated rings. The van der Waals surface area contributed by atoms with Gasteiger partial charge in [-0.05, 0) is 18.2 Å². The van der Waals surface area contributed by atoms with Crippen molar-refractivity contribution < 1.29 is 4.57 Å². The van der Waals surface area contributed by atoms with Gasteiger partial charge in [-0.2, -0.15) is 0 Å². The lowest BCUT2D eigenvalue weighted by Gasteiger charge is -2.28. The van der Waals surface area contributed by atoms with Gasteiger partial charge in [0.05, 0.1) is 5.30 Å². The van der Waals surface area contributed by atoms with Crippen molar-refractivity contribution in [1.29, 1.82) is 0 Å². The van der Waals surface area contributed by atoms with Gasteiger partial charge in [0, 0.05) is 26.9 Å². The van der Waals surface area contributed by atoms with Crippen LogP contribution in [0.4, 0.5) is 5.69 Å². The lowest BCUT2D eigenvalue weighted by atomic mass is 10.3. The first-order valence-corrected chi connectivity index (χ1v) is 8.63. The summed E-state index contributed by atoms with van der Waals surface area (Å²) >= 11 is 1.66. The maximum Gasteiger partial charge on any atom is 0.147 e. The predicted octanol–water partition coefficient (Wildman–Crippen LogP) is 3.07. The average Bonchev–Trinajstić information content (AvgIpc) is 2.39. The molecule has 2 nitrogen and oxygen atoms in total.